The van der Waals surface area contributed by atoms with Crippen molar-refractivity contribution in [2.24, 2.45) is 0 Å². The van der Waals surface area contributed by atoms with Crippen LogP contribution >= 0.6 is 0 Å². The lowest BCUT2D eigenvalue weighted by atomic mass is 10.0. The highest BCUT2D eigenvalue weighted by Gasteiger charge is 2.52. The third-order valence-electron chi connectivity index (χ3n) is 3.51. The highest BCUT2D eigenvalue weighted by molar-refractivity contribution is 5.14. The molecule has 0 spiro atoms. The van der Waals surface area contributed by atoms with E-state index in [1.807, 2.05) is 6.07 Å². The first-order valence-electron chi connectivity index (χ1n) is 6.22. The molecule has 2 fully saturated rings. The van der Waals surface area contributed by atoms with Crippen LogP contribution in [0.25, 0.3) is 0 Å². The zero-order valence-electron chi connectivity index (χ0n) is 10.1. The third-order valence-corrected chi connectivity index (χ3v) is 3.51. The Balaban J connectivity index is 1.66. The molecule has 0 aromatic heterocycles. The Kier molecular flexibility index (Phi) is 2.69. The van der Waals surface area contributed by atoms with Gasteiger partial charge in [-0.05, 0) is 18.9 Å². The molecule has 2 aliphatic rings. The number of fused-ring (bicyclic) bond motifs is 2. The van der Waals surface area contributed by atoms with Crippen molar-refractivity contribution in [3.63, 3.8) is 0 Å². The fourth-order valence-electron chi connectivity index (χ4n) is 2.45. The van der Waals surface area contributed by atoms with Crippen molar-refractivity contribution >= 4 is 0 Å². The summed E-state index contributed by atoms with van der Waals surface area (Å²) < 4.78 is 17.4. The van der Waals surface area contributed by atoms with E-state index in [1.165, 1.54) is 5.56 Å². The minimum absolute atomic E-state index is 0.144. The molecule has 0 aliphatic carbocycles. The van der Waals surface area contributed by atoms with Crippen molar-refractivity contribution in [1.29, 1.82) is 0 Å². The molecule has 0 amide bonds. The maximum Gasteiger partial charge on any atom is 0.283 e. The van der Waals surface area contributed by atoms with Crippen LogP contribution in [0.2, 0.25) is 0 Å². The Labute approximate surface area is 102 Å². The molecule has 1 aromatic rings. The van der Waals surface area contributed by atoms with E-state index in [1.54, 1.807) is 0 Å². The zero-order valence-corrected chi connectivity index (χ0v) is 10.1. The SMILES string of the molecule is C[C@@]12CCO[C@@](CCc3ccccc3)(OC1)O2. The fourth-order valence-corrected chi connectivity index (χ4v) is 2.45. The van der Waals surface area contributed by atoms with Crippen molar-refractivity contribution in [3.8, 4) is 0 Å². The van der Waals surface area contributed by atoms with Gasteiger partial charge in [0.15, 0.2) is 0 Å². The Morgan fingerprint density at radius 3 is 2.82 bits per heavy atom. The van der Waals surface area contributed by atoms with E-state index in [0.717, 1.165) is 25.9 Å². The Bertz CT molecular complexity index is 392. The summed E-state index contributed by atoms with van der Waals surface area (Å²) in [6.45, 7) is 3.47. The van der Waals surface area contributed by atoms with Gasteiger partial charge in [0.2, 0.25) is 0 Å². The Hall–Kier alpha value is -0.900. The Morgan fingerprint density at radius 2 is 2.00 bits per heavy atom. The second kappa shape index (κ2) is 4.09. The first-order chi connectivity index (χ1) is 8.20. The quantitative estimate of drug-likeness (QED) is 0.804. The molecule has 0 radical (unpaired) electrons. The summed E-state index contributed by atoms with van der Waals surface area (Å²) in [5.74, 6) is -0.789. The second-order valence-electron chi connectivity index (χ2n) is 5.11. The van der Waals surface area contributed by atoms with Crippen LogP contribution in [0, 0.1) is 0 Å². The molecular weight excluding hydrogens is 216 g/mol. The first kappa shape index (κ1) is 11.2. The molecule has 3 rings (SSSR count). The van der Waals surface area contributed by atoms with E-state index in [9.17, 15) is 0 Å². The summed E-state index contributed by atoms with van der Waals surface area (Å²) in [6.07, 6.45) is 2.59. The van der Waals surface area contributed by atoms with Gasteiger partial charge >= 0.3 is 0 Å². The summed E-state index contributed by atoms with van der Waals surface area (Å²) in [6, 6.07) is 10.4. The third kappa shape index (κ3) is 2.23. The highest BCUT2D eigenvalue weighted by Crippen LogP contribution is 2.41. The molecule has 17 heavy (non-hydrogen) atoms. The minimum atomic E-state index is -0.789. The van der Waals surface area contributed by atoms with Crippen molar-refractivity contribution in [2.75, 3.05) is 13.2 Å². The predicted octanol–water partition coefficient (Wildman–Crippen LogP) is 2.50. The van der Waals surface area contributed by atoms with Gasteiger partial charge in [-0.1, -0.05) is 30.3 Å². The number of hydrogen-bond donors (Lipinski definition) is 0. The van der Waals surface area contributed by atoms with Gasteiger partial charge in [0.25, 0.3) is 5.97 Å². The van der Waals surface area contributed by atoms with Gasteiger partial charge in [-0.15, -0.1) is 0 Å². The van der Waals surface area contributed by atoms with E-state index < -0.39 is 5.97 Å². The van der Waals surface area contributed by atoms with Crippen LogP contribution in [0.5, 0.6) is 0 Å². The summed E-state index contributed by atoms with van der Waals surface area (Å²) in [4.78, 5) is 0. The van der Waals surface area contributed by atoms with Crippen molar-refractivity contribution in [2.45, 2.75) is 37.8 Å². The normalized spacial score (nSPS) is 36.1. The van der Waals surface area contributed by atoms with E-state index in [4.69, 9.17) is 14.2 Å². The lowest BCUT2D eigenvalue weighted by Crippen LogP contribution is -2.43. The molecule has 0 N–H and O–H groups in total. The van der Waals surface area contributed by atoms with E-state index >= 15 is 0 Å². The van der Waals surface area contributed by atoms with E-state index in [2.05, 4.69) is 31.2 Å². The second-order valence-corrected chi connectivity index (χ2v) is 5.11. The number of aryl methyl sites for hydroxylation is 1. The largest absolute Gasteiger partial charge is 0.327 e. The average molecular weight is 234 g/mol. The van der Waals surface area contributed by atoms with Gasteiger partial charge in [0.1, 0.15) is 0 Å². The summed E-state index contributed by atoms with van der Waals surface area (Å²) >= 11 is 0. The average Bonchev–Trinajstić information content (AvgIpc) is 2.59. The number of benzene rings is 1. The van der Waals surface area contributed by atoms with E-state index in [0.29, 0.717) is 6.61 Å². The fraction of sp³-hybridized carbons (Fsp3) is 0.571. The molecule has 3 nitrogen and oxygen atoms in total. The van der Waals surface area contributed by atoms with Gasteiger partial charge < -0.3 is 14.2 Å². The Morgan fingerprint density at radius 1 is 1.18 bits per heavy atom. The van der Waals surface area contributed by atoms with Crippen molar-refractivity contribution in [3.05, 3.63) is 35.9 Å². The maximum atomic E-state index is 5.95. The lowest BCUT2D eigenvalue weighted by molar-refractivity contribution is -0.368. The van der Waals surface area contributed by atoms with Gasteiger partial charge in [-0.2, -0.15) is 0 Å². The minimum Gasteiger partial charge on any atom is -0.327 e. The van der Waals surface area contributed by atoms with Crippen LogP contribution in [0.4, 0.5) is 0 Å². The topological polar surface area (TPSA) is 27.7 Å². The molecule has 0 unspecified atom stereocenters. The molecular formula is C14H18O3. The standard InChI is InChI=1S/C14H18O3/c1-13-9-10-15-14(17-13,16-11-13)8-7-12-5-3-2-4-6-12/h2-6H,7-11H2,1H3/t13-,14+/m1/s1. The van der Waals surface area contributed by atoms with Gasteiger partial charge in [0, 0.05) is 12.8 Å². The van der Waals surface area contributed by atoms with Gasteiger partial charge in [0.05, 0.1) is 18.8 Å². The van der Waals surface area contributed by atoms with Crippen LogP contribution in [0.3, 0.4) is 0 Å². The summed E-state index contributed by atoms with van der Waals surface area (Å²) in [5.41, 5.74) is 1.14. The number of hydrogen-bond acceptors (Lipinski definition) is 3. The summed E-state index contributed by atoms with van der Waals surface area (Å²) in [5, 5.41) is 0. The van der Waals surface area contributed by atoms with Crippen LogP contribution < -0.4 is 0 Å². The van der Waals surface area contributed by atoms with Crippen molar-refractivity contribution in [1.82, 2.24) is 0 Å². The van der Waals surface area contributed by atoms with Crippen LogP contribution in [-0.2, 0) is 20.6 Å². The molecule has 2 bridgehead atoms. The molecule has 2 atom stereocenters. The molecule has 2 heterocycles. The van der Waals surface area contributed by atoms with E-state index in [-0.39, 0.29) is 5.60 Å². The monoisotopic (exact) mass is 234 g/mol. The predicted molar refractivity (Wildman–Crippen MR) is 63.5 cm³/mol. The van der Waals surface area contributed by atoms with Crippen molar-refractivity contribution < 1.29 is 14.2 Å². The molecule has 3 heteroatoms. The highest BCUT2D eigenvalue weighted by atomic mass is 16.9. The molecule has 1 aromatic carbocycles. The van der Waals surface area contributed by atoms with Gasteiger partial charge in [-0.25, -0.2) is 0 Å². The first-order valence-corrected chi connectivity index (χ1v) is 6.22. The molecule has 2 saturated heterocycles. The van der Waals surface area contributed by atoms with Crippen LogP contribution in [0.1, 0.15) is 25.3 Å². The maximum absolute atomic E-state index is 5.95. The van der Waals surface area contributed by atoms with Crippen LogP contribution in [0.15, 0.2) is 30.3 Å². The molecule has 92 valence electrons. The van der Waals surface area contributed by atoms with Gasteiger partial charge in [-0.3, -0.25) is 0 Å². The smallest absolute Gasteiger partial charge is 0.283 e. The summed E-state index contributed by atoms with van der Waals surface area (Å²) in [7, 11) is 0. The molecule has 0 saturated carbocycles. The number of rotatable bonds is 3. The lowest BCUT2D eigenvalue weighted by Gasteiger charge is -2.35. The number of ether oxygens (including phenoxy) is 3. The van der Waals surface area contributed by atoms with Crippen LogP contribution in [-0.4, -0.2) is 24.8 Å². The molecule has 2 aliphatic heterocycles. The zero-order chi connectivity index (χ0) is 11.8.